The van der Waals surface area contributed by atoms with Crippen molar-refractivity contribution < 1.29 is 0 Å². The van der Waals surface area contributed by atoms with Crippen molar-refractivity contribution >= 4 is 11.8 Å². The molecule has 0 aromatic carbocycles. The van der Waals surface area contributed by atoms with Gasteiger partial charge in [-0.1, -0.05) is 13.8 Å². The van der Waals surface area contributed by atoms with Crippen molar-refractivity contribution in [1.82, 2.24) is 15.3 Å². The maximum atomic E-state index is 4.68. The fourth-order valence-corrected chi connectivity index (χ4v) is 2.95. The molecule has 1 N–H and O–H groups in total. The van der Waals surface area contributed by atoms with Crippen molar-refractivity contribution in [1.29, 1.82) is 0 Å². The molecule has 1 aliphatic carbocycles. The van der Waals surface area contributed by atoms with E-state index in [-0.39, 0.29) is 0 Å². The number of hydrogen-bond donors (Lipinski definition) is 1. The second-order valence-corrected chi connectivity index (χ2v) is 7.55. The molecule has 0 aliphatic heterocycles. The van der Waals surface area contributed by atoms with Crippen LogP contribution in [0.25, 0.3) is 0 Å². The van der Waals surface area contributed by atoms with Gasteiger partial charge in [-0.15, -0.1) is 0 Å². The van der Waals surface area contributed by atoms with E-state index >= 15 is 0 Å². The SMILES string of the molecule is Cc1nc(CSC(C)C)nc(C)c1CCCNC1CC1. The Hall–Kier alpha value is -0.610. The minimum atomic E-state index is 0.632. The normalized spacial score (nSPS) is 15.1. The van der Waals surface area contributed by atoms with Crippen LogP contribution in [-0.4, -0.2) is 27.8 Å². The van der Waals surface area contributed by atoms with E-state index in [0.29, 0.717) is 5.25 Å². The van der Waals surface area contributed by atoms with Crippen LogP contribution in [0.3, 0.4) is 0 Å². The first-order chi connectivity index (χ1) is 9.56. The molecule has 0 spiro atoms. The number of rotatable bonds is 8. The highest BCUT2D eigenvalue weighted by Crippen LogP contribution is 2.20. The third-order valence-electron chi connectivity index (χ3n) is 3.63. The van der Waals surface area contributed by atoms with Gasteiger partial charge in [-0.2, -0.15) is 11.8 Å². The fraction of sp³-hybridized carbons (Fsp3) is 0.750. The molecular weight excluding hydrogens is 266 g/mol. The number of aryl methyl sites for hydroxylation is 2. The number of nitrogens with one attached hydrogen (secondary N) is 1. The maximum Gasteiger partial charge on any atom is 0.138 e. The summed E-state index contributed by atoms with van der Waals surface area (Å²) >= 11 is 1.90. The van der Waals surface area contributed by atoms with Gasteiger partial charge in [-0.3, -0.25) is 0 Å². The second-order valence-electron chi connectivity index (χ2n) is 5.98. The van der Waals surface area contributed by atoms with Crippen molar-refractivity contribution in [3.05, 3.63) is 22.8 Å². The first-order valence-electron chi connectivity index (χ1n) is 7.74. The minimum Gasteiger partial charge on any atom is -0.314 e. The van der Waals surface area contributed by atoms with Gasteiger partial charge in [0.15, 0.2) is 0 Å². The van der Waals surface area contributed by atoms with E-state index < -0.39 is 0 Å². The largest absolute Gasteiger partial charge is 0.314 e. The van der Waals surface area contributed by atoms with Gasteiger partial charge in [-0.25, -0.2) is 9.97 Å². The third-order valence-corrected chi connectivity index (χ3v) is 4.72. The molecule has 20 heavy (non-hydrogen) atoms. The van der Waals surface area contributed by atoms with Crippen LogP contribution in [0.15, 0.2) is 0 Å². The van der Waals surface area contributed by atoms with Crippen LogP contribution in [0.1, 0.15) is 55.9 Å². The van der Waals surface area contributed by atoms with E-state index in [4.69, 9.17) is 0 Å². The fourth-order valence-electron chi connectivity index (χ4n) is 2.34. The highest BCUT2D eigenvalue weighted by Gasteiger charge is 2.19. The Morgan fingerprint density at radius 3 is 2.40 bits per heavy atom. The van der Waals surface area contributed by atoms with E-state index in [9.17, 15) is 0 Å². The van der Waals surface area contributed by atoms with Crippen LogP contribution >= 0.6 is 11.8 Å². The van der Waals surface area contributed by atoms with Gasteiger partial charge in [0.05, 0.1) is 5.75 Å². The van der Waals surface area contributed by atoms with Gasteiger partial charge >= 0.3 is 0 Å². The van der Waals surface area contributed by atoms with Crippen molar-refractivity contribution in [3.8, 4) is 0 Å². The molecule has 0 amide bonds. The van der Waals surface area contributed by atoms with Crippen LogP contribution in [0, 0.1) is 13.8 Å². The predicted molar refractivity (Wildman–Crippen MR) is 87.3 cm³/mol. The van der Waals surface area contributed by atoms with Crippen LogP contribution in [0.5, 0.6) is 0 Å². The first-order valence-corrected chi connectivity index (χ1v) is 8.79. The van der Waals surface area contributed by atoms with Crippen molar-refractivity contribution in [2.24, 2.45) is 0 Å². The number of nitrogens with zero attached hydrogens (tertiary/aromatic N) is 2. The van der Waals surface area contributed by atoms with E-state index in [2.05, 4.69) is 43.0 Å². The molecule has 112 valence electrons. The third kappa shape index (κ3) is 5.06. The highest BCUT2D eigenvalue weighted by atomic mass is 32.2. The van der Waals surface area contributed by atoms with Gasteiger partial charge in [0.25, 0.3) is 0 Å². The summed E-state index contributed by atoms with van der Waals surface area (Å²) in [4.78, 5) is 9.36. The Balaban J connectivity index is 1.87. The molecule has 1 fully saturated rings. The summed E-state index contributed by atoms with van der Waals surface area (Å²) in [5, 5.41) is 4.20. The monoisotopic (exact) mass is 293 g/mol. The maximum absolute atomic E-state index is 4.68. The Kier molecular flexibility index (Phi) is 5.85. The van der Waals surface area contributed by atoms with Gasteiger partial charge in [0.1, 0.15) is 5.82 Å². The highest BCUT2D eigenvalue weighted by molar-refractivity contribution is 7.99. The summed E-state index contributed by atoms with van der Waals surface area (Å²) in [6.07, 6.45) is 5.00. The Bertz CT molecular complexity index is 418. The lowest BCUT2D eigenvalue weighted by atomic mass is 10.1. The smallest absolute Gasteiger partial charge is 0.138 e. The van der Waals surface area contributed by atoms with E-state index in [0.717, 1.165) is 30.6 Å². The zero-order chi connectivity index (χ0) is 14.5. The minimum absolute atomic E-state index is 0.632. The average Bonchev–Trinajstić information content (AvgIpc) is 3.18. The topological polar surface area (TPSA) is 37.8 Å². The van der Waals surface area contributed by atoms with Gasteiger partial charge in [0, 0.05) is 17.4 Å². The molecule has 0 radical (unpaired) electrons. The van der Waals surface area contributed by atoms with E-state index in [1.165, 1.54) is 36.2 Å². The number of hydrogen-bond acceptors (Lipinski definition) is 4. The van der Waals surface area contributed by atoms with Gasteiger partial charge in [0.2, 0.25) is 0 Å². The summed E-state index contributed by atoms with van der Waals surface area (Å²) in [5.41, 5.74) is 3.69. The summed E-state index contributed by atoms with van der Waals surface area (Å²) < 4.78 is 0. The lowest BCUT2D eigenvalue weighted by Gasteiger charge is -2.12. The molecule has 0 unspecified atom stereocenters. The van der Waals surface area contributed by atoms with Gasteiger partial charge < -0.3 is 5.32 Å². The summed E-state index contributed by atoms with van der Waals surface area (Å²) in [5.74, 6) is 1.90. The molecule has 1 aliphatic rings. The predicted octanol–water partition coefficient (Wildman–Crippen LogP) is 3.42. The summed E-state index contributed by atoms with van der Waals surface area (Å²) in [7, 11) is 0. The Morgan fingerprint density at radius 2 is 1.85 bits per heavy atom. The van der Waals surface area contributed by atoms with Gasteiger partial charge in [-0.05, 0) is 56.9 Å². The molecule has 1 saturated carbocycles. The van der Waals surface area contributed by atoms with Crippen molar-refractivity contribution in [2.45, 2.75) is 70.4 Å². The van der Waals surface area contributed by atoms with Crippen molar-refractivity contribution in [3.63, 3.8) is 0 Å². The molecule has 0 saturated heterocycles. The zero-order valence-corrected chi connectivity index (χ0v) is 14.0. The Labute approximate surface area is 127 Å². The number of thioether (sulfide) groups is 1. The Morgan fingerprint density at radius 1 is 1.20 bits per heavy atom. The molecule has 0 bridgehead atoms. The molecule has 2 rings (SSSR count). The quantitative estimate of drug-likeness (QED) is 0.745. The molecule has 0 atom stereocenters. The molecule has 1 heterocycles. The lowest BCUT2D eigenvalue weighted by molar-refractivity contribution is 0.641. The van der Waals surface area contributed by atoms with Crippen LogP contribution in [-0.2, 0) is 12.2 Å². The molecule has 1 aromatic heterocycles. The van der Waals surface area contributed by atoms with Crippen LogP contribution < -0.4 is 5.32 Å². The van der Waals surface area contributed by atoms with Crippen LogP contribution in [0.4, 0.5) is 0 Å². The van der Waals surface area contributed by atoms with E-state index in [1.54, 1.807) is 0 Å². The number of aromatic nitrogens is 2. The molecule has 4 heteroatoms. The first kappa shape index (κ1) is 15.8. The van der Waals surface area contributed by atoms with Crippen LogP contribution in [0.2, 0.25) is 0 Å². The van der Waals surface area contributed by atoms with Crippen molar-refractivity contribution in [2.75, 3.05) is 6.54 Å². The zero-order valence-electron chi connectivity index (χ0n) is 13.2. The van der Waals surface area contributed by atoms with E-state index in [1.807, 2.05) is 11.8 Å². The summed E-state index contributed by atoms with van der Waals surface area (Å²) in [6, 6.07) is 0.809. The standard InChI is InChI=1S/C16H27N3S/c1-11(2)20-10-16-18-12(3)15(13(4)19-16)6-5-9-17-14-7-8-14/h11,14,17H,5-10H2,1-4H3. The molecular formula is C16H27N3S. The average molecular weight is 293 g/mol. The lowest BCUT2D eigenvalue weighted by Crippen LogP contribution is -2.18. The summed E-state index contributed by atoms with van der Waals surface area (Å²) in [6.45, 7) is 9.80. The molecule has 1 aromatic rings. The second kappa shape index (κ2) is 7.41. The molecule has 3 nitrogen and oxygen atoms in total.